The van der Waals surface area contributed by atoms with Gasteiger partial charge < -0.3 is 9.64 Å². The lowest BCUT2D eigenvalue weighted by Crippen LogP contribution is -2.55. The van der Waals surface area contributed by atoms with Crippen LogP contribution in [0.5, 0.6) is 5.75 Å². The fourth-order valence-corrected chi connectivity index (χ4v) is 4.74. The van der Waals surface area contributed by atoms with Crippen LogP contribution in [0.4, 0.5) is 0 Å². The molecule has 2 atom stereocenters. The molecule has 180 valence electrons. The van der Waals surface area contributed by atoms with Gasteiger partial charge in [0.15, 0.2) is 4.84 Å². The molecule has 0 spiro atoms. The monoisotopic (exact) mass is 502 g/mol. The van der Waals surface area contributed by atoms with Crippen molar-refractivity contribution < 1.29 is 9.53 Å². The summed E-state index contributed by atoms with van der Waals surface area (Å²) in [5.74, 6) is 1.11. The fourth-order valence-electron chi connectivity index (χ4n) is 4.49. The molecule has 1 fully saturated rings. The predicted molar refractivity (Wildman–Crippen MR) is 135 cm³/mol. The Morgan fingerprint density at radius 3 is 2.50 bits per heavy atom. The Balaban J connectivity index is 1.73. The van der Waals surface area contributed by atoms with Crippen LogP contribution in [-0.4, -0.2) is 62.4 Å². The van der Waals surface area contributed by atoms with Crippen molar-refractivity contribution in [3.63, 3.8) is 0 Å². The molecular formula is C25H28Cl2N4O3. The maximum absolute atomic E-state index is 13.6. The quantitative estimate of drug-likeness (QED) is 0.473. The number of piperazine rings is 1. The van der Waals surface area contributed by atoms with Crippen LogP contribution in [-0.2, 0) is 4.79 Å². The molecule has 34 heavy (non-hydrogen) atoms. The first-order valence-electron chi connectivity index (χ1n) is 11.4. The van der Waals surface area contributed by atoms with Gasteiger partial charge in [0.2, 0.25) is 0 Å². The van der Waals surface area contributed by atoms with E-state index in [4.69, 9.17) is 32.9 Å². The number of halogens is 2. The highest BCUT2D eigenvalue weighted by Gasteiger charge is 2.33. The molecule has 3 aromatic rings. The minimum atomic E-state index is -1.07. The Hall–Kier alpha value is -2.61. The summed E-state index contributed by atoms with van der Waals surface area (Å²) in [6, 6.07) is 14.6. The Kier molecular flexibility index (Phi) is 7.45. The van der Waals surface area contributed by atoms with Gasteiger partial charge in [-0.2, -0.15) is 0 Å². The third-order valence-electron chi connectivity index (χ3n) is 6.26. The van der Waals surface area contributed by atoms with Crippen LogP contribution in [0.2, 0.25) is 0 Å². The number of amides is 1. The summed E-state index contributed by atoms with van der Waals surface area (Å²) in [5, 5.41) is 0.561. The van der Waals surface area contributed by atoms with Gasteiger partial charge in [-0.1, -0.05) is 35.3 Å². The maximum Gasteiger partial charge on any atom is 0.266 e. The number of nitrogens with zero attached hydrogens (tertiary/aromatic N) is 4. The predicted octanol–water partition coefficient (Wildman–Crippen LogP) is 4.18. The number of benzene rings is 2. The van der Waals surface area contributed by atoms with Crippen LogP contribution in [0.25, 0.3) is 16.6 Å². The van der Waals surface area contributed by atoms with Crippen molar-refractivity contribution in [1.29, 1.82) is 0 Å². The second-order valence-electron chi connectivity index (χ2n) is 8.41. The van der Waals surface area contributed by atoms with Crippen LogP contribution < -0.4 is 10.3 Å². The minimum absolute atomic E-state index is 0.0743. The largest absolute Gasteiger partial charge is 0.494 e. The fraction of sp³-hybridized carbons (Fsp3) is 0.400. The smallest absolute Gasteiger partial charge is 0.266 e. The van der Waals surface area contributed by atoms with Gasteiger partial charge in [0, 0.05) is 25.7 Å². The molecule has 2 aromatic carbocycles. The second kappa shape index (κ2) is 10.3. The highest BCUT2D eigenvalue weighted by molar-refractivity contribution is 6.53. The molecule has 7 nitrogen and oxygen atoms in total. The van der Waals surface area contributed by atoms with E-state index < -0.39 is 4.84 Å². The van der Waals surface area contributed by atoms with E-state index in [1.807, 2.05) is 63.2 Å². The lowest BCUT2D eigenvalue weighted by atomic mass is 10.1. The van der Waals surface area contributed by atoms with Gasteiger partial charge in [-0.3, -0.25) is 19.1 Å². The van der Waals surface area contributed by atoms with Gasteiger partial charge in [-0.25, -0.2) is 4.98 Å². The number of rotatable bonds is 6. The van der Waals surface area contributed by atoms with Crippen molar-refractivity contribution in [3.05, 3.63) is 64.7 Å². The van der Waals surface area contributed by atoms with E-state index in [0.717, 1.165) is 11.4 Å². The SMILES string of the molecule is CCOc1ccc(-n2c(C(C)N3CCN(C(=O)C(Cl)Cl)C(C)C3)nc3ccccc3c2=O)cc1. The molecule has 0 saturated carbocycles. The number of alkyl halides is 2. The summed E-state index contributed by atoms with van der Waals surface area (Å²) < 4.78 is 7.24. The zero-order valence-electron chi connectivity index (χ0n) is 19.4. The summed E-state index contributed by atoms with van der Waals surface area (Å²) in [4.78, 5) is 33.7. The van der Waals surface area contributed by atoms with Gasteiger partial charge in [-0.15, -0.1) is 0 Å². The average Bonchev–Trinajstić information content (AvgIpc) is 2.84. The molecule has 1 saturated heterocycles. The molecule has 2 heterocycles. The number of para-hydroxylation sites is 1. The first-order chi connectivity index (χ1) is 16.3. The van der Waals surface area contributed by atoms with Crippen LogP contribution >= 0.6 is 23.2 Å². The van der Waals surface area contributed by atoms with Crippen molar-refractivity contribution in [2.24, 2.45) is 0 Å². The van der Waals surface area contributed by atoms with E-state index in [-0.39, 0.29) is 23.6 Å². The van der Waals surface area contributed by atoms with Gasteiger partial charge in [0.05, 0.1) is 29.2 Å². The molecule has 9 heteroatoms. The highest BCUT2D eigenvalue weighted by Crippen LogP contribution is 2.26. The number of fused-ring (bicyclic) bond motifs is 1. The number of ether oxygens (including phenoxy) is 1. The average molecular weight is 503 g/mol. The number of hydrogen-bond acceptors (Lipinski definition) is 5. The zero-order chi connectivity index (χ0) is 24.4. The molecule has 0 bridgehead atoms. The summed E-state index contributed by atoms with van der Waals surface area (Å²) in [5.41, 5.74) is 1.26. The van der Waals surface area contributed by atoms with Crippen LogP contribution in [0.1, 0.15) is 32.6 Å². The number of aromatic nitrogens is 2. The number of carbonyl (C=O) groups is 1. The van der Waals surface area contributed by atoms with Crippen molar-refractivity contribution in [2.45, 2.75) is 37.7 Å². The van der Waals surface area contributed by atoms with Crippen LogP contribution in [0.15, 0.2) is 53.3 Å². The standard InChI is InChI=1S/C25H28Cl2N4O3/c1-4-34-19-11-9-18(10-12-19)31-23(28-21-8-6-5-7-20(21)24(31)32)17(3)29-13-14-30(16(2)15-29)25(33)22(26)27/h5-12,16-17,22H,4,13-15H2,1-3H3. The first-order valence-corrected chi connectivity index (χ1v) is 12.3. The van der Waals surface area contributed by atoms with Crippen molar-refractivity contribution >= 4 is 40.0 Å². The van der Waals surface area contributed by atoms with E-state index in [1.54, 1.807) is 15.5 Å². The van der Waals surface area contributed by atoms with Crippen molar-refractivity contribution in [2.75, 3.05) is 26.2 Å². The molecule has 0 N–H and O–H groups in total. The molecule has 1 aromatic heterocycles. The molecule has 0 aliphatic carbocycles. The lowest BCUT2D eigenvalue weighted by Gasteiger charge is -2.42. The van der Waals surface area contributed by atoms with E-state index in [1.165, 1.54) is 0 Å². The van der Waals surface area contributed by atoms with E-state index in [2.05, 4.69) is 4.90 Å². The lowest BCUT2D eigenvalue weighted by molar-refractivity contribution is -0.134. The van der Waals surface area contributed by atoms with Gasteiger partial charge in [-0.05, 0) is 57.2 Å². The van der Waals surface area contributed by atoms with Crippen LogP contribution in [0.3, 0.4) is 0 Å². The summed E-state index contributed by atoms with van der Waals surface area (Å²) in [7, 11) is 0. The van der Waals surface area contributed by atoms with Gasteiger partial charge >= 0.3 is 0 Å². The summed E-state index contributed by atoms with van der Waals surface area (Å²) in [6.45, 7) is 8.24. The minimum Gasteiger partial charge on any atom is -0.494 e. The third-order valence-corrected chi connectivity index (χ3v) is 6.63. The number of hydrogen-bond donors (Lipinski definition) is 0. The molecular weight excluding hydrogens is 475 g/mol. The molecule has 1 aliphatic rings. The van der Waals surface area contributed by atoms with E-state index in [0.29, 0.717) is 43.0 Å². The molecule has 4 rings (SSSR count). The Labute approximate surface area is 208 Å². The maximum atomic E-state index is 13.6. The van der Waals surface area contributed by atoms with Crippen molar-refractivity contribution in [1.82, 2.24) is 19.4 Å². The molecule has 2 unspecified atom stereocenters. The molecule has 1 amide bonds. The van der Waals surface area contributed by atoms with E-state index >= 15 is 0 Å². The first kappa shape index (κ1) is 24.5. The Bertz CT molecular complexity index is 1230. The van der Waals surface area contributed by atoms with Gasteiger partial charge in [0.25, 0.3) is 11.5 Å². The Morgan fingerprint density at radius 2 is 1.85 bits per heavy atom. The normalized spacial score (nSPS) is 17.8. The second-order valence-corrected chi connectivity index (χ2v) is 9.50. The summed E-state index contributed by atoms with van der Waals surface area (Å²) in [6.07, 6.45) is 0. The molecule has 1 aliphatic heterocycles. The van der Waals surface area contributed by atoms with E-state index in [9.17, 15) is 9.59 Å². The summed E-state index contributed by atoms with van der Waals surface area (Å²) >= 11 is 11.6. The van der Waals surface area contributed by atoms with Crippen LogP contribution in [0, 0.1) is 0 Å². The van der Waals surface area contributed by atoms with Crippen molar-refractivity contribution in [3.8, 4) is 11.4 Å². The highest BCUT2D eigenvalue weighted by atomic mass is 35.5. The Morgan fingerprint density at radius 1 is 1.15 bits per heavy atom. The topological polar surface area (TPSA) is 67.7 Å². The molecule has 0 radical (unpaired) electrons. The van der Waals surface area contributed by atoms with Gasteiger partial charge in [0.1, 0.15) is 11.6 Å². The zero-order valence-corrected chi connectivity index (χ0v) is 21.0. The number of carbonyl (C=O) groups excluding carboxylic acids is 1. The third kappa shape index (κ3) is 4.78.